The number of benzene rings is 4. The third kappa shape index (κ3) is 5.26. The Hall–Kier alpha value is -2.13. The average molecular weight is 493 g/mol. The van der Waals surface area contributed by atoms with Crippen molar-refractivity contribution in [2.45, 2.75) is 12.5 Å². The second-order valence-corrected chi connectivity index (χ2v) is 8.92. The molecule has 5 rings (SSSR count). The van der Waals surface area contributed by atoms with Crippen LogP contribution in [-0.2, 0) is 22.9 Å². The zero-order chi connectivity index (χ0) is 20.2. The molecule has 0 bridgehead atoms. The molecule has 0 aromatic heterocycles. The van der Waals surface area contributed by atoms with Crippen LogP contribution in [0.2, 0.25) is 0 Å². The summed E-state index contributed by atoms with van der Waals surface area (Å²) >= 11 is -0.844. The Kier molecular flexibility index (Phi) is 8.93. The van der Waals surface area contributed by atoms with Gasteiger partial charge in [-0.2, -0.15) is 0 Å². The first-order chi connectivity index (χ1) is 14.9. The third-order valence-electron chi connectivity index (χ3n) is 5.53. The fraction of sp³-hybridized carbons (Fsp3) is 0.0714. The van der Waals surface area contributed by atoms with Crippen LogP contribution in [0.4, 0.5) is 0 Å². The maximum Gasteiger partial charge on any atom is -1.00 e. The van der Waals surface area contributed by atoms with Crippen LogP contribution in [0.1, 0.15) is 29.2 Å². The molecule has 0 fully saturated rings. The predicted octanol–water partition coefficient (Wildman–Crippen LogP) is 0.620. The summed E-state index contributed by atoms with van der Waals surface area (Å²) in [5, 5.41) is 2.61. The van der Waals surface area contributed by atoms with E-state index in [2.05, 4.69) is 115 Å². The van der Waals surface area contributed by atoms with E-state index < -0.39 is 19.5 Å². The van der Waals surface area contributed by atoms with Crippen molar-refractivity contribution in [1.29, 1.82) is 0 Å². The molecule has 32 heavy (non-hydrogen) atoms. The molecule has 0 saturated heterocycles. The summed E-state index contributed by atoms with van der Waals surface area (Å²) in [6.45, 7) is 0. The summed E-state index contributed by atoms with van der Waals surface area (Å²) in [6, 6.07) is 34.3. The van der Waals surface area contributed by atoms with Crippen molar-refractivity contribution >= 4 is 20.2 Å². The maximum atomic E-state index is 6.79. The van der Waals surface area contributed by atoms with Crippen LogP contribution in [0, 0.1) is 0 Å². The quantitative estimate of drug-likeness (QED) is 0.358. The third-order valence-corrected chi connectivity index (χ3v) is 7.24. The van der Waals surface area contributed by atoms with Crippen molar-refractivity contribution in [2.24, 2.45) is 0 Å². The van der Waals surface area contributed by atoms with Gasteiger partial charge >= 0.3 is 188 Å². The van der Waals surface area contributed by atoms with Gasteiger partial charge in [-0.05, 0) is 0 Å². The van der Waals surface area contributed by atoms with Gasteiger partial charge in [0, 0.05) is 0 Å². The normalized spacial score (nSPS) is 12.1. The fourth-order valence-electron chi connectivity index (χ4n) is 4.00. The second kappa shape index (κ2) is 11.7. The fourth-order valence-corrected chi connectivity index (χ4v) is 5.87. The van der Waals surface area contributed by atoms with E-state index in [1.807, 2.05) is 0 Å². The van der Waals surface area contributed by atoms with Crippen LogP contribution in [0.5, 0.6) is 0 Å². The number of fused-ring (bicyclic) bond motifs is 1. The first-order valence-corrected chi connectivity index (χ1v) is 11.7. The maximum absolute atomic E-state index is 6.79. The molecule has 1 aliphatic rings. The summed E-state index contributed by atoms with van der Waals surface area (Å²) in [4.78, 5) is 0. The predicted molar refractivity (Wildman–Crippen MR) is 121 cm³/mol. The molecule has 4 aromatic rings. The molecule has 158 valence electrons. The second-order valence-electron chi connectivity index (χ2n) is 7.45. The van der Waals surface area contributed by atoms with E-state index in [9.17, 15) is 0 Å². The van der Waals surface area contributed by atoms with Crippen LogP contribution < -0.4 is 28.7 Å². The standard InChI is InChI=1S/C15H11.C13H11O.2ClH.Ti/c1-2-6-12(5-1)15-10-9-13-7-3-4-8-14(13)11-15;14-13(11-7-3-1-4-8-11)12-9-5-2-6-10-12;;;/h1-5,7-10H,6H2;1-10,13H;2*1H;/q;-1;;;+3/p-2. The van der Waals surface area contributed by atoms with Gasteiger partial charge in [-0.3, -0.25) is 0 Å². The first-order valence-electron chi connectivity index (χ1n) is 10.3. The van der Waals surface area contributed by atoms with Crippen molar-refractivity contribution < 1.29 is 47.7 Å². The molecule has 0 N–H and O–H groups in total. The smallest absolute Gasteiger partial charge is 1.00 e. The number of hydrogen-bond donors (Lipinski definition) is 0. The minimum Gasteiger partial charge on any atom is -1.00 e. The topological polar surface area (TPSA) is 9.23 Å². The van der Waals surface area contributed by atoms with Gasteiger partial charge in [0.1, 0.15) is 0 Å². The van der Waals surface area contributed by atoms with Gasteiger partial charge in [-0.15, -0.1) is 0 Å². The Morgan fingerprint density at radius 2 is 1.31 bits per heavy atom. The number of allylic oxidation sites excluding steroid dienone is 4. The molecule has 0 saturated carbocycles. The largest absolute Gasteiger partial charge is 1.00 e. The van der Waals surface area contributed by atoms with Crippen LogP contribution in [-0.4, -0.2) is 0 Å². The molecule has 0 radical (unpaired) electrons. The minimum absolute atomic E-state index is 0. The van der Waals surface area contributed by atoms with E-state index in [-0.39, 0.29) is 30.9 Å². The molecule has 0 heterocycles. The summed E-state index contributed by atoms with van der Waals surface area (Å²) < 4.78 is 8.17. The van der Waals surface area contributed by atoms with Crippen molar-refractivity contribution in [2.75, 3.05) is 0 Å². The molecule has 0 atom stereocenters. The number of hydrogen-bond acceptors (Lipinski definition) is 1. The van der Waals surface area contributed by atoms with Gasteiger partial charge in [-0.1, -0.05) is 0 Å². The van der Waals surface area contributed by atoms with Gasteiger partial charge < -0.3 is 24.8 Å². The van der Waals surface area contributed by atoms with Gasteiger partial charge in [0.05, 0.1) is 0 Å². The summed E-state index contributed by atoms with van der Waals surface area (Å²) in [7, 11) is 0. The van der Waals surface area contributed by atoms with Crippen molar-refractivity contribution in [3.05, 3.63) is 132 Å². The Morgan fingerprint density at radius 1 is 0.688 bits per heavy atom. The van der Waals surface area contributed by atoms with Gasteiger partial charge in [0.25, 0.3) is 0 Å². The van der Waals surface area contributed by atoms with Crippen molar-refractivity contribution in [1.82, 2.24) is 0 Å². The van der Waals surface area contributed by atoms with Gasteiger partial charge in [0.15, 0.2) is 0 Å². The Labute approximate surface area is 211 Å². The zero-order valence-electron chi connectivity index (χ0n) is 17.4. The van der Waals surface area contributed by atoms with Crippen molar-refractivity contribution in [3.8, 4) is 0 Å². The zero-order valence-corrected chi connectivity index (χ0v) is 20.5. The number of halogens is 2. The molecule has 1 aliphatic carbocycles. The monoisotopic (exact) mass is 492 g/mol. The Balaban J connectivity index is 0.00000144. The Morgan fingerprint density at radius 3 is 1.94 bits per heavy atom. The van der Waals surface area contributed by atoms with Gasteiger partial charge in [0.2, 0.25) is 0 Å². The van der Waals surface area contributed by atoms with E-state index in [1.165, 1.54) is 36.9 Å². The first kappa shape index (κ1) is 24.5. The van der Waals surface area contributed by atoms with E-state index in [0.29, 0.717) is 0 Å². The summed E-state index contributed by atoms with van der Waals surface area (Å²) in [5.41, 5.74) is 5.14. The Bertz CT molecular complexity index is 1180. The van der Waals surface area contributed by atoms with E-state index >= 15 is 0 Å². The van der Waals surface area contributed by atoms with Crippen LogP contribution in [0.25, 0.3) is 16.3 Å². The molecular weight excluding hydrogens is 471 g/mol. The van der Waals surface area contributed by atoms with E-state index in [0.717, 1.165) is 6.42 Å². The molecule has 4 aromatic carbocycles. The molecule has 0 spiro atoms. The molecule has 0 unspecified atom stereocenters. The molecular formula is C28H22Cl2OTi. The summed E-state index contributed by atoms with van der Waals surface area (Å²) in [6.07, 6.45) is 7.58. The SMILES string of the molecule is C1=CCC(c2ccc3ccccc3[c]2[Ti+2][O]C(c2ccccc2)c2ccccc2)=C1.[Cl-].[Cl-]. The number of rotatable bonds is 6. The van der Waals surface area contributed by atoms with Crippen LogP contribution >= 0.6 is 0 Å². The summed E-state index contributed by atoms with van der Waals surface area (Å²) in [5.74, 6) is 0. The molecule has 1 nitrogen and oxygen atoms in total. The minimum atomic E-state index is -0.844. The molecule has 4 heteroatoms. The molecule has 0 aliphatic heterocycles. The molecule has 0 amide bonds. The van der Waals surface area contributed by atoms with Crippen LogP contribution in [0.15, 0.2) is 115 Å². The van der Waals surface area contributed by atoms with Crippen molar-refractivity contribution in [3.63, 3.8) is 0 Å². The van der Waals surface area contributed by atoms with Gasteiger partial charge in [-0.25, -0.2) is 0 Å². The van der Waals surface area contributed by atoms with E-state index in [4.69, 9.17) is 3.32 Å². The average Bonchev–Trinajstić information content (AvgIpc) is 3.35. The van der Waals surface area contributed by atoms with Crippen LogP contribution in [0.3, 0.4) is 0 Å². The van der Waals surface area contributed by atoms with E-state index in [1.54, 1.807) is 0 Å².